The van der Waals surface area contributed by atoms with Crippen molar-refractivity contribution in [3.8, 4) is 0 Å². The van der Waals surface area contributed by atoms with Gasteiger partial charge in [-0.25, -0.2) is 0 Å². The summed E-state index contributed by atoms with van der Waals surface area (Å²) in [6.07, 6.45) is 0.793. The molecular weight excluding hydrogens is 144 g/mol. The third-order valence-electron chi connectivity index (χ3n) is 1.56. The van der Waals surface area contributed by atoms with Crippen LogP contribution in [-0.4, -0.2) is 31.7 Å². The third kappa shape index (κ3) is 5.18. The van der Waals surface area contributed by atoms with Crippen LogP contribution < -0.4 is 0 Å². The van der Waals surface area contributed by atoms with E-state index in [-0.39, 0.29) is 12.7 Å². The molecule has 0 aromatic heterocycles. The van der Waals surface area contributed by atoms with E-state index in [1.807, 2.05) is 0 Å². The minimum Gasteiger partial charge on any atom is -0.396 e. The van der Waals surface area contributed by atoms with Crippen molar-refractivity contribution in [2.24, 2.45) is 5.92 Å². The Morgan fingerprint density at radius 3 is 2.36 bits per heavy atom. The van der Waals surface area contributed by atoms with Crippen molar-refractivity contribution in [3.05, 3.63) is 0 Å². The second kappa shape index (κ2) is 6.58. The van der Waals surface area contributed by atoms with Gasteiger partial charge in [0, 0.05) is 13.7 Å². The van der Waals surface area contributed by atoms with Crippen molar-refractivity contribution >= 4 is 0 Å². The summed E-state index contributed by atoms with van der Waals surface area (Å²) in [6, 6.07) is 0. The molecule has 11 heavy (non-hydrogen) atoms. The molecule has 0 aliphatic rings. The molecule has 0 spiro atoms. The van der Waals surface area contributed by atoms with Gasteiger partial charge in [0.15, 0.2) is 0 Å². The third-order valence-corrected chi connectivity index (χ3v) is 1.56. The number of aliphatic hydroxyl groups is 1. The molecule has 0 aliphatic heterocycles. The molecule has 0 heterocycles. The SMILES string of the molecule is COCOC(CCO)C(C)C. The van der Waals surface area contributed by atoms with Gasteiger partial charge in [0.2, 0.25) is 0 Å². The van der Waals surface area contributed by atoms with Gasteiger partial charge >= 0.3 is 0 Å². The summed E-state index contributed by atoms with van der Waals surface area (Å²) in [6.45, 7) is 4.61. The fraction of sp³-hybridized carbons (Fsp3) is 1.00. The first-order valence-electron chi connectivity index (χ1n) is 3.93. The number of hydrogen-bond donors (Lipinski definition) is 1. The Kier molecular flexibility index (Phi) is 6.51. The van der Waals surface area contributed by atoms with E-state index in [2.05, 4.69) is 13.8 Å². The Labute approximate surface area is 68.3 Å². The van der Waals surface area contributed by atoms with Gasteiger partial charge in [0.25, 0.3) is 0 Å². The van der Waals surface area contributed by atoms with Gasteiger partial charge in [-0.05, 0) is 12.3 Å². The molecule has 3 nitrogen and oxygen atoms in total. The van der Waals surface area contributed by atoms with Crippen molar-refractivity contribution in [3.63, 3.8) is 0 Å². The minimum atomic E-state index is 0.111. The van der Waals surface area contributed by atoms with Crippen LogP contribution in [0.5, 0.6) is 0 Å². The zero-order valence-electron chi connectivity index (χ0n) is 7.54. The average molecular weight is 162 g/mol. The van der Waals surface area contributed by atoms with E-state index in [1.54, 1.807) is 7.11 Å². The van der Waals surface area contributed by atoms with E-state index < -0.39 is 0 Å². The Balaban J connectivity index is 3.51. The largest absolute Gasteiger partial charge is 0.396 e. The number of rotatable bonds is 6. The summed E-state index contributed by atoms with van der Waals surface area (Å²) in [4.78, 5) is 0. The van der Waals surface area contributed by atoms with E-state index in [0.29, 0.717) is 19.1 Å². The molecule has 0 saturated carbocycles. The molecule has 0 amide bonds. The van der Waals surface area contributed by atoms with Crippen LogP contribution in [0.25, 0.3) is 0 Å². The molecule has 68 valence electrons. The first-order valence-corrected chi connectivity index (χ1v) is 3.93. The maximum atomic E-state index is 8.66. The lowest BCUT2D eigenvalue weighted by Gasteiger charge is -2.19. The van der Waals surface area contributed by atoms with Crippen molar-refractivity contribution < 1.29 is 14.6 Å². The summed E-state index contributed by atoms with van der Waals surface area (Å²) in [7, 11) is 1.59. The maximum Gasteiger partial charge on any atom is 0.146 e. The highest BCUT2D eigenvalue weighted by atomic mass is 16.7. The normalized spacial score (nSPS) is 13.9. The van der Waals surface area contributed by atoms with Gasteiger partial charge in [-0.15, -0.1) is 0 Å². The monoisotopic (exact) mass is 162 g/mol. The zero-order chi connectivity index (χ0) is 8.69. The van der Waals surface area contributed by atoms with Crippen molar-refractivity contribution in [2.45, 2.75) is 26.4 Å². The Morgan fingerprint density at radius 1 is 1.36 bits per heavy atom. The second-order valence-electron chi connectivity index (χ2n) is 2.87. The number of aliphatic hydroxyl groups excluding tert-OH is 1. The summed E-state index contributed by atoms with van der Waals surface area (Å²) in [5.74, 6) is 0.428. The van der Waals surface area contributed by atoms with Crippen molar-refractivity contribution in [2.75, 3.05) is 20.5 Å². The van der Waals surface area contributed by atoms with Crippen LogP contribution in [0, 0.1) is 5.92 Å². The molecule has 0 rings (SSSR count). The summed E-state index contributed by atoms with van der Waals surface area (Å²) >= 11 is 0. The fourth-order valence-electron chi connectivity index (χ4n) is 0.892. The van der Waals surface area contributed by atoms with Gasteiger partial charge in [0.1, 0.15) is 6.79 Å². The predicted octanol–water partition coefficient (Wildman–Crippen LogP) is 1.01. The van der Waals surface area contributed by atoms with Crippen LogP contribution >= 0.6 is 0 Å². The Hall–Kier alpha value is -0.120. The number of hydrogen-bond acceptors (Lipinski definition) is 3. The molecule has 0 fully saturated rings. The maximum absolute atomic E-state index is 8.66. The molecule has 1 unspecified atom stereocenters. The lowest BCUT2D eigenvalue weighted by Crippen LogP contribution is -2.22. The van der Waals surface area contributed by atoms with Crippen LogP contribution in [0.1, 0.15) is 20.3 Å². The minimum absolute atomic E-state index is 0.111. The highest BCUT2D eigenvalue weighted by molar-refractivity contribution is 4.60. The quantitative estimate of drug-likeness (QED) is 0.592. The van der Waals surface area contributed by atoms with Gasteiger partial charge in [-0.2, -0.15) is 0 Å². The van der Waals surface area contributed by atoms with E-state index >= 15 is 0 Å². The van der Waals surface area contributed by atoms with Gasteiger partial charge in [-0.1, -0.05) is 13.8 Å². The molecule has 3 heteroatoms. The first kappa shape index (κ1) is 10.9. The zero-order valence-corrected chi connectivity index (χ0v) is 7.54. The van der Waals surface area contributed by atoms with E-state index in [0.717, 1.165) is 0 Å². The van der Waals surface area contributed by atoms with Gasteiger partial charge < -0.3 is 14.6 Å². The van der Waals surface area contributed by atoms with E-state index in [9.17, 15) is 0 Å². The molecule has 0 aromatic rings. The van der Waals surface area contributed by atoms with Crippen LogP contribution in [0.3, 0.4) is 0 Å². The smallest absolute Gasteiger partial charge is 0.146 e. The molecule has 0 radical (unpaired) electrons. The van der Waals surface area contributed by atoms with Crippen molar-refractivity contribution in [1.82, 2.24) is 0 Å². The number of ether oxygens (including phenoxy) is 2. The first-order chi connectivity index (χ1) is 5.22. The van der Waals surface area contributed by atoms with Crippen molar-refractivity contribution in [1.29, 1.82) is 0 Å². The molecular formula is C8H18O3. The van der Waals surface area contributed by atoms with Gasteiger partial charge in [-0.3, -0.25) is 0 Å². The Morgan fingerprint density at radius 2 is 2.00 bits per heavy atom. The molecule has 1 N–H and O–H groups in total. The standard InChI is InChI=1S/C8H18O3/c1-7(2)8(4-5-9)11-6-10-3/h7-9H,4-6H2,1-3H3. The highest BCUT2D eigenvalue weighted by Crippen LogP contribution is 2.09. The van der Waals surface area contributed by atoms with Crippen LogP contribution in [0.15, 0.2) is 0 Å². The van der Waals surface area contributed by atoms with Crippen LogP contribution in [-0.2, 0) is 9.47 Å². The molecule has 1 atom stereocenters. The average Bonchev–Trinajstić information content (AvgIpc) is 1.97. The molecule has 0 aliphatic carbocycles. The fourth-order valence-corrected chi connectivity index (χ4v) is 0.892. The van der Waals surface area contributed by atoms with Crippen LogP contribution in [0.2, 0.25) is 0 Å². The predicted molar refractivity (Wildman–Crippen MR) is 43.3 cm³/mol. The topological polar surface area (TPSA) is 38.7 Å². The lowest BCUT2D eigenvalue weighted by molar-refractivity contribution is -0.0924. The summed E-state index contributed by atoms with van der Waals surface area (Å²) in [5.41, 5.74) is 0. The molecule has 0 saturated heterocycles. The molecule has 0 aromatic carbocycles. The Bertz CT molecular complexity index is 83.4. The van der Waals surface area contributed by atoms with E-state index in [1.165, 1.54) is 0 Å². The van der Waals surface area contributed by atoms with Crippen LogP contribution in [0.4, 0.5) is 0 Å². The highest BCUT2D eigenvalue weighted by Gasteiger charge is 2.12. The summed E-state index contributed by atoms with van der Waals surface area (Å²) in [5, 5.41) is 8.66. The lowest BCUT2D eigenvalue weighted by atomic mass is 10.1. The summed E-state index contributed by atoms with van der Waals surface area (Å²) < 4.78 is 10.1. The van der Waals surface area contributed by atoms with E-state index in [4.69, 9.17) is 14.6 Å². The van der Waals surface area contributed by atoms with Gasteiger partial charge in [0.05, 0.1) is 6.10 Å². The number of methoxy groups -OCH3 is 1. The molecule has 0 bridgehead atoms. The second-order valence-corrected chi connectivity index (χ2v) is 2.87.